The lowest BCUT2D eigenvalue weighted by Gasteiger charge is -2.36. The molecule has 0 saturated carbocycles. The number of rotatable bonds is 3. The van der Waals surface area contributed by atoms with E-state index in [2.05, 4.69) is 11.9 Å². The summed E-state index contributed by atoms with van der Waals surface area (Å²) in [5.74, 6) is -0.224. The molecule has 0 radical (unpaired) electrons. The molecule has 1 aromatic carbocycles. The Morgan fingerprint density at radius 3 is 2.61 bits per heavy atom. The summed E-state index contributed by atoms with van der Waals surface area (Å²) in [5, 5.41) is 2.76. The van der Waals surface area contributed by atoms with Gasteiger partial charge in [0.2, 0.25) is 5.91 Å². The second-order valence-corrected chi connectivity index (χ2v) is 4.31. The molecule has 2 rings (SSSR count). The van der Waals surface area contributed by atoms with Crippen LogP contribution in [-0.2, 0) is 9.59 Å². The van der Waals surface area contributed by atoms with Crippen molar-refractivity contribution >= 4 is 11.8 Å². The molecule has 0 spiro atoms. The molecule has 1 heterocycles. The first-order chi connectivity index (χ1) is 8.65. The van der Waals surface area contributed by atoms with Crippen LogP contribution in [0.2, 0.25) is 0 Å². The predicted molar refractivity (Wildman–Crippen MR) is 68.7 cm³/mol. The van der Waals surface area contributed by atoms with Crippen molar-refractivity contribution in [1.29, 1.82) is 0 Å². The third-order valence-corrected chi connectivity index (χ3v) is 3.12. The van der Waals surface area contributed by atoms with Gasteiger partial charge in [0.15, 0.2) is 0 Å². The third-order valence-electron chi connectivity index (χ3n) is 3.12. The van der Waals surface area contributed by atoms with E-state index in [-0.39, 0.29) is 11.8 Å². The van der Waals surface area contributed by atoms with E-state index in [1.165, 1.54) is 0 Å². The van der Waals surface area contributed by atoms with Crippen LogP contribution in [0, 0.1) is 0 Å². The van der Waals surface area contributed by atoms with Crippen molar-refractivity contribution in [2.75, 3.05) is 6.54 Å². The van der Waals surface area contributed by atoms with Gasteiger partial charge in [-0.25, -0.2) is 0 Å². The van der Waals surface area contributed by atoms with Gasteiger partial charge in [-0.15, -0.1) is 6.58 Å². The Morgan fingerprint density at radius 1 is 1.33 bits per heavy atom. The molecule has 2 atom stereocenters. The second kappa shape index (κ2) is 5.04. The lowest BCUT2D eigenvalue weighted by Crippen LogP contribution is -2.58. The van der Waals surface area contributed by atoms with E-state index in [4.69, 9.17) is 0 Å². The first-order valence-electron chi connectivity index (χ1n) is 5.92. The van der Waals surface area contributed by atoms with Crippen molar-refractivity contribution in [1.82, 2.24) is 10.2 Å². The largest absolute Gasteiger partial charge is 0.339 e. The molecule has 1 aliphatic rings. The SMILES string of the molecule is C=CCN1C(=O)C(c2ccccc2)NC(=O)C1C. The van der Waals surface area contributed by atoms with Gasteiger partial charge in [0, 0.05) is 6.54 Å². The molecule has 1 saturated heterocycles. The van der Waals surface area contributed by atoms with Gasteiger partial charge >= 0.3 is 0 Å². The highest BCUT2D eigenvalue weighted by Gasteiger charge is 2.37. The maximum absolute atomic E-state index is 12.3. The standard InChI is InChI=1S/C14H16N2O2/c1-3-9-16-10(2)13(17)15-12(14(16)18)11-7-5-4-6-8-11/h3-8,10,12H,1,9H2,2H3,(H,15,17). The topological polar surface area (TPSA) is 49.4 Å². The molecule has 1 aliphatic heterocycles. The van der Waals surface area contributed by atoms with Crippen LogP contribution in [0.25, 0.3) is 0 Å². The van der Waals surface area contributed by atoms with Crippen LogP contribution < -0.4 is 5.32 Å². The first kappa shape index (κ1) is 12.4. The smallest absolute Gasteiger partial charge is 0.250 e. The Balaban J connectivity index is 2.30. The monoisotopic (exact) mass is 244 g/mol. The highest BCUT2D eigenvalue weighted by atomic mass is 16.2. The number of nitrogens with one attached hydrogen (secondary N) is 1. The maximum atomic E-state index is 12.3. The van der Waals surface area contributed by atoms with E-state index in [1.807, 2.05) is 30.3 Å². The van der Waals surface area contributed by atoms with Crippen molar-refractivity contribution < 1.29 is 9.59 Å². The molecule has 1 N–H and O–H groups in total. The molecule has 0 bridgehead atoms. The first-order valence-corrected chi connectivity index (χ1v) is 5.92. The fourth-order valence-electron chi connectivity index (χ4n) is 2.08. The van der Waals surface area contributed by atoms with E-state index < -0.39 is 12.1 Å². The van der Waals surface area contributed by atoms with Crippen LogP contribution in [0.15, 0.2) is 43.0 Å². The summed E-state index contributed by atoms with van der Waals surface area (Å²) in [6, 6.07) is 8.22. The number of benzene rings is 1. The van der Waals surface area contributed by atoms with Gasteiger partial charge in [0.05, 0.1) is 0 Å². The minimum absolute atomic E-state index is 0.0896. The Hall–Kier alpha value is -2.10. The van der Waals surface area contributed by atoms with Gasteiger partial charge in [-0.05, 0) is 12.5 Å². The number of nitrogens with zero attached hydrogens (tertiary/aromatic N) is 1. The van der Waals surface area contributed by atoms with Crippen LogP contribution in [0.4, 0.5) is 0 Å². The summed E-state index contributed by atoms with van der Waals surface area (Å²) >= 11 is 0. The number of hydrogen-bond acceptors (Lipinski definition) is 2. The summed E-state index contributed by atoms with van der Waals surface area (Å²) in [6.45, 7) is 5.73. The molecular formula is C14H16N2O2. The maximum Gasteiger partial charge on any atom is 0.250 e. The Bertz CT molecular complexity index is 470. The summed E-state index contributed by atoms with van der Waals surface area (Å²) in [7, 11) is 0. The molecule has 1 aromatic rings. The summed E-state index contributed by atoms with van der Waals surface area (Å²) in [5.41, 5.74) is 0.803. The Kier molecular flexibility index (Phi) is 3.46. The molecule has 1 fully saturated rings. The van der Waals surface area contributed by atoms with Gasteiger partial charge in [0.1, 0.15) is 12.1 Å². The molecule has 0 aromatic heterocycles. The molecule has 94 valence electrons. The van der Waals surface area contributed by atoms with Gasteiger partial charge in [-0.1, -0.05) is 36.4 Å². The van der Waals surface area contributed by atoms with Crippen molar-refractivity contribution in [3.63, 3.8) is 0 Å². The highest BCUT2D eigenvalue weighted by Crippen LogP contribution is 2.21. The van der Waals surface area contributed by atoms with E-state index in [1.54, 1.807) is 17.9 Å². The van der Waals surface area contributed by atoms with Crippen molar-refractivity contribution in [2.24, 2.45) is 0 Å². The van der Waals surface area contributed by atoms with Crippen molar-refractivity contribution in [3.05, 3.63) is 48.6 Å². The molecule has 2 amide bonds. The molecule has 0 aliphatic carbocycles. The van der Waals surface area contributed by atoms with Crippen LogP contribution in [-0.4, -0.2) is 29.3 Å². The third kappa shape index (κ3) is 2.14. The van der Waals surface area contributed by atoms with Crippen LogP contribution in [0.1, 0.15) is 18.5 Å². The van der Waals surface area contributed by atoms with Crippen LogP contribution in [0.5, 0.6) is 0 Å². The minimum Gasteiger partial charge on any atom is -0.339 e. The van der Waals surface area contributed by atoms with Gasteiger partial charge in [-0.3, -0.25) is 9.59 Å². The zero-order chi connectivity index (χ0) is 13.1. The van der Waals surface area contributed by atoms with E-state index in [0.717, 1.165) is 5.56 Å². The predicted octanol–water partition coefficient (Wildman–Crippen LogP) is 1.26. The van der Waals surface area contributed by atoms with Gasteiger partial charge in [-0.2, -0.15) is 0 Å². The van der Waals surface area contributed by atoms with E-state index in [0.29, 0.717) is 6.54 Å². The molecule has 2 unspecified atom stereocenters. The van der Waals surface area contributed by atoms with Crippen molar-refractivity contribution in [2.45, 2.75) is 19.0 Å². The normalized spacial score (nSPS) is 23.7. The zero-order valence-corrected chi connectivity index (χ0v) is 10.3. The van der Waals surface area contributed by atoms with Crippen molar-refractivity contribution in [3.8, 4) is 0 Å². The summed E-state index contributed by atoms with van der Waals surface area (Å²) in [6.07, 6.45) is 1.63. The van der Waals surface area contributed by atoms with E-state index >= 15 is 0 Å². The van der Waals surface area contributed by atoms with Crippen LogP contribution >= 0.6 is 0 Å². The number of carbonyl (C=O) groups excluding carboxylic acids is 2. The Labute approximate surface area is 106 Å². The zero-order valence-electron chi connectivity index (χ0n) is 10.3. The number of carbonyl (C=O) groups is 2. The highest BCUT2D eigenvalue weighted by molar-refractivity contribution is 5.97. The summed E-state index contributed by atoms with van der Waals surface area (Å²) in [4.78, 5) is 25.7. The molecule has 4 heteroatoms. The Morgan fingerprint density at radius 2 is 2.00 bits per heavy atom. The average molecular weight is 244 g/mol. The number of amides is 2. The average Bonchev–Trinajstić information content (AvgIpc) is 2.40. The molecule has 4 nitrogen and oxygen atoms in total. The van der Waals surface area contributed by atoms with Gasteiger partial charge in [0.25, 0.3) is 5.91 Å². The number of hydrogen-bond donors (Lipinski definition) is 1. The molecule has 18 heavy (non-hydrogen) atoms. The number of piperazine rings is 1. The summed E-state index contributed by atoms with van der Waals surface area (Å²) < 4.78 is 0. The fraction of sp³-hybridized carbons (Fsp3) is 0.286. The lowest BCUT2D eigenvalue weighted by molar-refractivity contribution is -0.148. The minimum atomic E-state index is -0.588. The molecular weight excluding hydrogens is 228 g/mol. The van der Waals surface area contributed by atoms with Crippen LogP contribution in [0.3, 0.4) is 0 Å². The second-order valence-electron chi connectivity index (χ2n) is 4.31. The lowest BCUT2D eigenvalue weighted by atomic mass is 10.0. The van der Waals surface area contributed by atoms with Gasteiger partial charge < -0.3 is 10.2 Å². The fourth-order valence-corrected chi connectivity index (χ4v) is 2.08. The van der Waals surface area contributed by atoms with E-state index in [9.17, 15) is 9.59 Å². The quantitative estimate of drug-likeness (QED) is 0.814.